The van der Waals surface area contributed by atoms with Gasteiger partial charge in [0.1, 0.15) is 0 Å². The van der Waals surface area contributed by atoms with Gasteiger partial charge in [-0.15, -0.1) is 0 Å². The van der Waals surface area contributed by atoms with E-state index in [0.29, 0.717) is 23.4 Å². The molecule has 0 aliphatic carbocycles. The van der Waals surface area contributed by atoms with Gasteiger partial charge in [-0.25, -0.2) is 9.10 Å². The highest BCUT2D eigenvalue weighted by molar-refractivity contribution is 7.82. The quantitative estimate of drug-likeness (QED) is 0.537. The second-order valence-corrected chi connectivity index (χ2v) is 9.30. The SMILES string of the molecule is CN(C)CCCC(=O)Nc1ccc(N(S)C(=O)NC(=O)c2ccc(C(C)(C)C)cc2)cc1. The third-order valence-corrected chi connectivity index (χ3v) is 5.24. The standard InChI is InChI=1S/C24H32N4O3S/c1-24(2,3)18-10-8-17(9-11-18)22(30)26-23(31)28(32)20-14-12-19(13-15-20)25-21(29)7-6-16-27(4)5/h8-15,32H,6-7,16H2,1-5H3,(H,25,29)(H,26,30,31). The minimum absolute atomic E-state index is 0.0232. The molecule has 7 nitrogen and oxygen atoms in total. The zero-order chi connectivity index (χ0) is 23.9. The van der Waals surface area contributed by atoms with Crippen LogP contribution in [0.1, 0.15) is 49.5 Å². The summed E-state index contributed by atoms with van der Waals surface area (Å²) >= 11 is 4.20. The lowest BCUT2D eigenvalue weighted by Crippen LogP contribution is -2.38. The summed E-state index contributed by atoms with van der Waals surface area (Å²) in [5.74, 6) is -0.570. The van der Waals surface area contributed by atoms with Gasteiger partial charge in [0, 0.05) is 17.7 Å². The van der Waals surface area contributed by atoms with E-state index in [2.05, 4.69) is 44.2 Å². The van der Waals surface area contributed by atoms with E-state index in [4.69, 9.17) is 0 Å². The van der Waals surface area contributed by atoms with Crippen LogP contribution in [0.15, 0.2) is 48.5 Å². The summed E-state index contributed by atoms with van der Waals surface area (Å²) in [5.41, 5.74) is 2.56. The van der Waals surface area contributed by atoms with Gasteiger partial charge in [-0.1, -0.05) is 45.7 Å². The third-order valence-electron chi connectivity index (χ3n) is 4.83. The normalized spacial score (nSPS) is 11.2. The maximum absolute atomic E-state index is 12.4. The number of rotatable bonds is 7. The molecule has 0 spiro atoms. The first kappa shape index (κ1) is 25.4. The average molecular weight is 457 g/mol. The van der Waals surface area contributed by atoms with Crippen molar-refractivity contribution in [2.45, 2.75) is 39.0 Å². The Balaban J connectivity index is 1.91. The van der Waals surface area contributed by atoms with Crippen LogP contribution in [0.2, 0.25) is 0 Å². The first-order valence-electron chi connectivity index (χ1n) is 10.5. The van der Waals surface area contributed by atoms with Crippen molar-refractivity contribution in [3.63, 3.8) is 0 Å². The maximum Gasteiger partial charge on any atom is 0.338 e. The molecular formula is C24H32N4O3S. The molecule has 0 aliphatic rings. The highest BCUT2D eigenvalue weighted by Crippen LogP contribution is 2.23. The van der Waals surface area contributed by atoms with Gasteiger partial charge in [0.25, 0.3) is 5.91 Å². The fourth-order valence-electron chi connectivity index (χ4n) is 2.93. The number of urea groups is 1. The van der Waals surface area contributed by atoms with Crippen molar-refractivity contribution < 1.29 is 14.4 Å². The molecule has 0 atom stereocenters. The van der Waals surface area contributed by atoms with Crippen molar-refractivity contribution in [2.24, 2.45) is 0 Å². The molecule has 0 bridgehead atoms. The summed E-state index contributed by atoms with van der Waals surface area (Å²) in [7, 11) is 3.93. The Kier molecular flexibility index (Phi) is 8.86. The van der Waals surface area contributed by atoms with Gasteiger partial charge in [0.15, 0.2) is 0 Å². The van der Waals surface area contributed by atoms with E-state index < -0.39 is 11.9 Å². The highest BCUT2D eigenvalue weighted by atomic mass is 32.1. The first-order chi connectivity index (χ1) is 15.0. The molecule has 0 radical (unpaired) electrons. The lowest BCUT2D eigenvalue weighted by Gasteiger charge is -2.19. The summed E-state index contributed by atoms with van der Waals surface area (Å²) in [6, 6.07) is 13.1. The number of carbonyl (C=O) groups excluding carboxylic acids is 3. The lowest BCUT2D eigenvalue weighted by atomic mass is 9.87. The summed E-state index contributed by atoms with van der Waals surface area (Å²) in [6.07, 6.45) is 1.20. The molecule has 8 heteroatoms. The molecular weight excluding hydrogens is 424 g/mol. The van der Waals surface area contributed by atoms with Crippen molar-refractivity contribution in [1.82, 2.24) is 10.2 Å². The molecule has 0 unspecified atom stereocenters. The fraction of sp³-hybridized carbons (Fsp3) is 0.375. The van der Waals surface area contributed by atoms with Crippen molar-refractivity contribution >= 4 is 42.0 Å². The van der Waals surface area contributed by atoms with Gasteiger partial charge >= 0.3 is 6.03 Å². The molecule has 2 N–H and O–H groups in total. The van der Waals surface area contributed by atoms with E-state index in [1.54, 1.807) is 36.4 Å². The molecule has 0 aromatic heterocycles. The molecule has 0 heterocycles. The highest BCUT2D eigenvalue weighted by Gasteiger charge is 2.18. The predicted molar refractivity (Wildman–Crippen MR) is 132 cm³/mol. The lowest BCUT2D eigenvalue weighted by molar-refractivity contribution is -0.116. The second kappa shape index (κ2) is 11.2. The fourth-order valence-corrected chi connectivity index (χ4v) is 3.11. The van der Waals surface area contributed by atoms with Gasteiger partial charge in [0.05, 0.1) is 5.69 Å². The molecule has 172 valence electrons. The van der Waals surface area contributed by atoms with E-state index in [1.807, 2.05) is 31.1 Å². The third kappa shape index (κ3) is 7.69. The molecule has 2 aromatic carbocycles. The summed E-state index contributed by atoms with van der Waals surface area (Å²) in [4.78, 5) is 38.9. The van der Waals surface area contributed by atoms with Gasteiger partial charge in [-0.2, -0.15) is 0 Å². The van der Waals surface area contributed by atoms with Crippen LogP contribution in [0, 0.1) is 0 Å². The monoisotopic (exact) mass is 456 g/mol. The average Bonchev–Trinajstić information content (AvgIpc) is 2.73. The zero-order valence-electron chi connectivity index (χ0n) is 19.3. The number of thiol groups is 1. The van der Waals surface area contributed by atoms with Crippen LogP contribution in [0.5, 0.6) is 0 Å². The van der Waals surface area contributed by atoms with Gasteiger partial charge in [-0.05, 0) is 74.4 Å². The van der Waals surface area contributed by atoms with Crippen LogP contribution in [0.3, 0.4) is 0 Å². The van der Waals surface area contributed by atoms with E-state index in [-0.39, 0.29) is 11.3 Å². The molecule has 4 amide bonds. The van der Waals surface area contributed by atoms with Gasteiger partial charge < -0.3 is 10.2 Å². The number of nitrogens with one attached hydrogen (secondary N) is 2. The number of carbonyl (C=O) groups is 3. The Labute approximate surface area is 195 Å². The largest absolute Gasteiger partial charge is 0.338 e. The number of nitrogens with zero attached hydrogens (tertiary/aromatic N) is 2. The molecule has 0 aliphatic heterocycles. The van der Waals surface area contributed by atoms with Crippen LogP contribution in [-0.4, -0.2) is 43.4 Å². The number of imide groups is 1. The van der Waals surface area contributed by atoms with Crippen LogP contribution in [0.25, 0.3) is 0 Å². The van der Waals surface area contributed by atoms with Crippen LogP contribution in [0.4, 0.5) is 16.2 Å². The summed E-state index contributed by atoms with van der Waals surface area (Å²) < 4.78 is 1.05. The Morgan fingerprint density at radius 3 is 2.06 bits per heavy atom. The first-order valence-corrected chi connectivity index (χ1v) is 10.9. The number of amides is 4. The Bertz CT molecular complexity index is 935. The van der Waals surface area contributed by atoms with Crippen LogP contribution >= 0.6 is 12.8 Å². The Morgan fingerprint density at radius 1 is 0.938 bits per heavy atom. The van der Waals surface area contributed by atoms with Gasteiger partial charge in [0.2, 0.25) is 5.91 Å². The van der Waals surface area contributed by atoms with Crippen LogP contribution < -0.4 is 14.9 Å². The summed E-state index contributed by atoms with van der Waals surface area (Å²) in [6.45, 7) is 7.11. The minimum atomic E-state index is -0.668. The van der Waals surface area contributed by atoms with Crippen molar-refractivity contribution in [3.8, 4) is 0 Å². The predicted octanol–water partition coefficient (Wildman–Crippen LogP) is 4.47. The Hall–Kier alpha value is -2.84. The minimum Gasteiger partial charge on any atom is -0.326 e. The van der Waals surface area contributed by atoms with E-state index >= 15 is 0 Å². The smallest absolute Gasteiger partial charge is 0.326 e. The van der Waals surface area contributed by atoms with Crippen molar-refractivity contribution in [3.05, 3.63) is 59.7 Å². The van der Waals surface area contributed by atoms with Crippen molar-refractivity contribution in [1.29, 1.82) is 0 Å². The van der Waals surface area contributed by atoms with E-state index in [1.165, 1.54) is 0 Å². The zero-order valence-corrected chi connectivity index (χ0v) is 20.2. The van der Waals surface area contributed by atoms with Crippen LogP contribution in [-0.2, 0) is 10.2 Å². The molecule has 32 heavy (non-hydrogen) atoms. The van der Waals surface area contributed by atoms with Gasteiger partial charge in [-0.3, -0.25) is 14.9 Å². The maximum atomic E-state index is 12.4. The molecule has 2 aromatic rings. The summed E-state index contributed by atoms with van der Waals surface area (Å²) in [5, 5.41) is 5.15. The molecule has 0 fully saturated rings. The van der Waals surface area contributed by atoms with Crippen molar-refractivity contribution in [2.75, 3.05) is 30.3 Å². The van der Waals surface area contributed by atoms with E-state index in [9.17, 15) is 14.4 Å². The van der Waals surface area contributed by atoms with E-state index in [0.717, 1.165) is 22.8 Å². The number of anilines is 2. The Morgan fingerprint density at radius 2 is 1.53 bits per heavy atom. The molecule has 2 rings (SSSR count). The number of hydrogen-bond donors (Lipinski definition) is 3. The number of benzene rings is 2. The second-order valence-electron chi connectivity index (χ2n) is 8.90. The molecule has 0 saturated heterocycles. The topological polar surface area (TPSA) is 81.8 Å². The number of hydrogen-bond acceptors (Lipinski definition) is 5. The molecule has 0 saturated carbocycles.